The van der Waals surface area contributed by atoms with Gasteiger partial charge in [-0.25, -0.2) is 0 Å². The quantitative estimate of drug-likeness (QED) is 0.848. The van der Waals surface area contributed by atoms with Crippen molar-refractivity contribution in [2.45, 2.75) is 26.2 Å². The highest BCUT2D eigenvalue weighted by Gasteiger charge is 2.10. The minimum absolute atomic E-state index is 0.472. The van der Waals surface area contributed by atoms with Gasteiger partial charge in [-0.15, -0.1) is 0 Å². The van der Waals surface area contributed by atoms with Crippen molar-refractivity contribution in [2.24, 2.45) is 0 Å². The van der Waals surface area contributed by atoms with Crippen molar-refractivity contribution in [3.05, 3.63) is 35.6 Å². The van der Waals surface area contributed by atoms with Gasteiger partial charge >= 0.3 is 0 Å². The van der Waals surface area contributed by atoms with Crippen LogP contribution in [-0.4, -0.2) is 13.6 Å². The van der Waals surface area contributed by atoms with Crippen LogP contribution in [0.25, 0.3) is 11.0 Å². The third kappa shape index (κ3) is 2.27. The van der Waals surface area contributed by atoms with Gasteiger partial charge < -0.3 is 9.73 Å². The molecular weight excluding hydrogens is 198 g/mol. The van der Waals surface area contributed by atoms with Crippen molar-refractivity contribution in [2.75, 3.05) is 13.6 Å². The van der Waals surface area contributed by atoms with E-state index in [2.05, 4.69) is 43.4 Å². The monoisotopic (exact) mass is 217 g/mol. The van der Waals surface area contributed by atoms with Gasteiger partial charge in [0, 0.05) is 11.3 Å². The molecule has 2 nitrogen and oxygen atoms in total. The first-order valence-electron chi connectivity index (χ1n) is 5.85. The standard InChI is InChI=1S/C14H19NO/c1-10-4-5-13-12(8-10)9-14(16-13)11(2)6-7-15-3/h4-5,8-9,11,15H,6-7H2,1-3H3. The van der Waals surface area contributed by atoms with Crippen LogP contribution in [0.1, 0.15) is 30.6 Å². The Morgan fingerprint density at radius 3 is 2.88 bits per heavy atom. The third-order valence-electron chi connectivity index (χ3n) is 3.00. The van der Waals surface area contributed by atoms with Crippen molar-refractivity contribution >= 4 is 11.0 Å². The average molecular weight is 217 g/mol. The molecule has 1 atom stereocenters. The first-order valence-corrected chi connectivity index (χ1v) is 5.85. The van der Waals surface area contributed by atoms with Crippen LogP contribution in [0.15, 0.2) is 28.7 Å². The molecule has 0 bridgehead atoms. The second-order valence-corrected chi connectivity index (χ2v) is 4.48. The average Bonchev–Trinajstić information content (AvgIpc) is 2.68. The molecule has 0 spiro atoms. The second-order valence-electron chi connectivity index (χ2n) is 4.48. The zero-order chi connectivity index (χ0) is 11.5. The Hall–Kier alpha value is -1.28. The molecule has 0 saturated carbocycles. The van der Waals surface area contributed by atoms with E-state index in [9.17, 15) is 0 Å². The Bertz CT molecular complexity index is 473. The van der Waals surface area contributed by atoms with Crippen molar-refractivity contribution < 1.29 is 4.42 Å². The molecule has 0 fully saturated rings. The summed E-state index contributed by atoms with van der Waals surface area (Å²) in [6, 6.07) is 8.49. The van der Waals surface area contributed by atoms with E-state index in [0.29, 0.717) is 5.92 Å². The summed E-state index contributed by atoms with van der Waals surface area (Å²) in [5.41, 5.74) is 2.28. The number of hydrogen-bond acceptors (Lipinski definition) is 2. The molecule has 1 aromatic heterocycles. The Morgan fingerprint density at radius 2 is 2.12 bits per heavy atom. The van der Waals surface area contributed by atoms with Gasteiger partial charge in [0.05, 0.1) is 0 Å². The highest BCUT2D eigenvalue weighted by Crippen LogP contribution is 2.27. The highest BCUT2D eigenvalue weighted by molar-refractivity contribution is 5.78. The van der Waals surface area contributed by atoms with Crippen LogP contribution in [-0.2, 0) is 0 Å². The lowest BCUT2D eigenvalue weighted by Crippen LogP contribution is -2.10. The lowest BCUT2D eigenvalue weighted by Gasteiger charge is -2.06. The summed E-state index contributed by atoms with van der Waals surface area (Å²) in [7, 11) is 1.98. The predicted molar refractivity (Wildman–Crippen MR) is 67.9 cm³/mol. The number of aryl methyl sites for hydroxylation is 1. The third-order valence-corrected chi connectivity index (χ3v) is 3.00. The van der Waals surface area contributed by atoms with Crippen LogP contribution >= 0.6 is 0 Å². The molecule has 16 heavy (non-hydrogen) atoms. The van der Waals surface area contributed by atoms with E-state index in [-0.39, 0.29) is 0 Å². The number of fused-ring (bicyclic) bond motifs is 1. The van der Waals surface area contributed by atoms with Gasteiger partial charge in [0.2, 0.25) is 0 Å². The predicted octanol–water partition coefficient (Wildman–Crippen LogP) is 3.45. The molecule has 0 aliphatic carbocycles. The molecule has 0 saturated heterocycles. The summed E-state index contributed by atoms with van der Waals surface area (Å²) in [5, 5.41) is 4.38. The smallest absolute Gasteiger partial charge is 0.134 e. The van der Waals surface area contributed by atoms with Gasteiger partial charge in [-0.1, -0.05) is 18.6 Å². The maximum Gasteiger partial charge on any atom is 0.134 e. The van der Waals surface area contributed by atoms with Gasteiger partial charge in [-0.2, -0.15) is 0 Å². The summed E-state index contributed by atoms with van der Waals surface area (Å²) < 4.78 is 5.85. The Balaban J connectivity index is 2.25. The van der Waals surface area contributed by atoms with Gasteiger partial charge in [0.15, 0.2) is 0 Å². The fourth-order valence-corrected chi connectivity index (χ4v) is 1.93. The molecule has 0 aliphatic heterocycles. The van der Waals surface area contributed by atoms with Gasteiger partial charge in [-0.3, -0.25) is 0 Å². The maximum atomic E-state index is 5.85. The van der Waals surface area contributed by atoms with Crippen LogP contribution in [0.3, 0.4) is 0 Å². The minimum Gasteiger partial charge on any atom is -0.461 e. The van der Waals surface area contributed by atoms with Crippen molar-refractivity contribution in [1.82, 2.24) is 5.32 Å². The van der Waals surface area contributed by atoms with Crippen LogP contribution in [0.2, 0.25) is 0 Å². The van der Waals surface area contributed by atoms with E-state index >= 15 is 0 Å². The molecule has 1 aromatic carbocycles. The van der Waals surface area contributed by atoms with E-state index in [0.717, 1.165) is 24.3 Å². The van der Waals surface area contributed by atoms with Crippen LogP contribution in [0.5, 0.6) is 0 Å². The van der Waals surface area contributed by atoms with Crippen molar-refractivity contribution in [1.29, 1.82) is 0 Å². The summed E-state index contributed by atoms with van der Waals surface area (Å²) in [6.45, 7) is 5.34. The molecule has 2 heteroatoms. The number of benzene rings is 1. The number of hydrogen-bond donors (Lipinski definition) is 1. The molecule has 2 rings (SSSR count). The molecule has 1 unspecified atom stereocenters. The molecule has 1 heterocycles. The van der Waals surface area contributed by atoms with E-state index < -0.39 is 0 Å². The zero-order valence-corrected chi connectivity index (χ0v) is 10.2. The molecular formula is C14H19NO. The topological polar surface area (TPSA) is 25.2 Å². The van der Waals surface area contributed by atoms with Gasteiger partial charge in [-0.05, 0) is 45.1 Å². The molecule has 0 radical (unpaired) electrons. The summed E-state index contributed by atoms with van der Waals surface area (Å²) in [5.74, 6) is 1.57. The lowest BCUT2D eigenvalue weighted by atomic mass is 10.0. The number of nitrogens with one attached hydrogen (secondary N) is 1. The van der Waals surface area contributed by atoms with E-state index in [1.165, 1.54) is 10.9 Å². The van der Waals surface area contributed by atoms with Crippen molar-refractivity contribution in [3.63, 3.8) is 0 Å². The normalized spacial score (nSPS) is 13.2. The fraction of sp³-hybridized carbons (Fsp3) is 0.429. The summed E-state index contributed by atoms with van der Waals surface area (Å²) in [4.78, 5) is 0. The highest BCUT2D eigenvalue weighted by atomic mass is 16.3. The summed E-state index contributed by atoms with van der Waals surface area (Å²) in [6.07, 6.45) is 1.11. The van der Waals surface area contributed by atoms with E-state index in [4.69, 9.17) is 4.42 Å². The molecule has 1 N–H and O–H groups in total. The Kier molecular flexibility index (Phi) is 3.30. The molecule has 0 aliphatic rings. The first-order chi connectivity index (χ1) is 7.70. The molecule has 86 valence electrons. The molecule has 0 amide bonds. The fourth-order valence-electron chi connectivity index (χ4n) is 1.93. The lowest BCUT2D eigenvalue weighted by molar-refractivity contribution is 0.484. The van der Waals surface area contributed by atoms with E-state index in [1.54, 1.807) is 0 Å². The number of furan rings is 1. The van der Waals surface area contributed by atoms with Crippen LogP contribution in [0.4, 0.5) is 0 Å². The maximum absolute atomic E-state index is 5.85. The van der Waals surface area contributed by atoms with E-state index in [1.807, 2.05) is 7.05 Å². The van der Waals surface area contributed by atoms with Crippen molar-refractivity contribution in [3.8, 4) is 0 Å². The van der Waals surface area contributed by atoms with Gasteiger partial charge in [0.1, 0.15) is 11.3 Å². The van der Waals surface area contributed by atoms with Crippen LogP contribution in [0, 0.1) is 6.92 Å². The summed E-state index contributed by atoms with van der Waals surface area (Å²) >= 11 is 0. The Labute approximate surface area is 96.6 Å². The minimum atomic E-state index is 0.472. The van der Waals surface area contributed by atoms with Crippen LogP contribution < -0.4 is 5.32 Å². The van der Waals surface area contributed by atoms with Gasteiger partial charge in [0.25, 0.3) is 0 Å². The molecule has 2 aromatic rings. The number of rotatable bonds is 4. The second kappa shape index (κ2) is 4.71. The largest absolute Gasteiger partial charge is 0.461 e. The SMILES string of the molecule is CNCCC(C)c1cc2cc(C)ccc2o1. The Morgan fingerprint density at radius 1 is 1.31 bits per heavy atom. The zero-order valence-electron chi connectivity index (χ0n) is 10.2. The first kappa shape index (κ1) is 11.2.